The van der Waals surface area contributed by atoms with Crippen LogP contribution in [-0.2, 0) is 0 Å². The van der Waals surface area contributed by atoms with E-state index in [4.69, 9.17) is 14.5 Å². The van der Waals surface area contributed by atoms with Crippen molar-refractivity contribution in [3.8, 4) is 34.1 Å². The molecule has 0 fully saturated rings. The fourth-order valence-corrected chi connectivity index (χ4v) is 2.35. The monoisotopic (exact) mass is 306 g/mol. The lowest BCUT2D eigenvalue weighted by Crippen LogP contribution is -1.95. The summed E-state index contributed by atoms with van der Waals surface area (Å²) in [5.74, 6) is 2.35. The van der Waals surface area contributed by atoms with Gasteiger partial charge in [0.05, 0.1) is 19.9 Å². The Morgan fingerprint density at radius 1 is 0.696 bits per heavy atom. The second-order valence-corrected chi connectivity index (χ2v) is 5.18. The Labute approximate surface area is 135 Å². The summed E-state index contributed by atoms with van der Waals surface area (Å²) in [6, 6.07) is 17.6. The smallest absolute Gasteiger partial charge is 0.160 e. The number of hydrogen-bond acceptors (Lipinski definition) is 4. The SMILES string of the molecule is COc1ccc(-c2cc(C)nc(-c3ccc(OC)cc3)n2)cc1. The van der Waals surface area contributed by atoms with Crippen LogP contribution in [0.4, 0.5) is 0 Å². The Hall–Kier alpha value is -2.88. The van der Waals surface area contributed by atoms with Crippen LogP contribution in [-0.4, -0.2) is 24.2 Å². The van der Waals surface area contributed by atoms with Gasteiger partial charge in [0.15, 0.2) is 5.82 Å². The molecule has 1 heterocycles. The third-order valence-corrected chi connectivity index (χ3v) is 3.59. The Balaban J connectivity index is 2.00. The highest BCUT2D eigenvalue weighted by atomic mass is 16.5. The maximum atomic E-state index is 5.20. The topological polar surface area (TPSA) is 44.2 Å². The molecule has 0 N–H and O–H groups in total. The third-order valence-electron chi connectivity index (χ3n) is 3.59. The minimum absolute atomic E-state index is 0.707. The van der Waals surface area contributed by atoms with Crippen LogP contribution in [0.15, 0.2) is 54.6 Å². The van der Waals surface area contributed by atoms with Gasteiger partial charge in [0.1, 0.15) is 11.5 Å². The Morgan fingerprint density at radius 3 is 1.74 bits per heavy atom. The Morgan fingerprint density at radius 2 is 1.22 bits per heavy atom. The third kappa shape index (κ3) is 3.31. The fraction of sp³-hybridized carbons (Fsp3) is 0.158. The Bertz CT molecular complexity index is 731. The van der Waals surface area contributed by atoms with Crippen LogP contribution in [0.2, 0.25) is 0 Å². The molecule has 0 spiro atoms. The molecule has 0 atom stereocenters. The van der Waals surface area contributed by atoms with E-state index in [0.29, 0.717) is 5.82 Å². The average Bonchev–Trinajstić information content (AvgIpc) is 2.61. The van der Waals surface area contributed by atoms with E-state index in [9.17, 15) is 0 Å². The second kappa shape index (κ2) is 6.48. The maximum absolute atomic E-state index is 5.20. The number of aryl methyl sites for hydroxylation is 1. The molecule has 116 valence electrons. The van der Waals surface area contributed by atoms with E-state index < -0.39 is 0 Å². The summed E-state index contributed by atoms with van der Waals surface area (Å²) < 4.78 is 10.4. The van der Waals surface area contributed by atoms with Gasteiger partial charge in [-0.25, -0.2) is 9.97 Å². The van der Waals surface area contributed by atoms with Gasteiger partial charge in [0.2, 0.25) is 0 Å². The summed E-state index contributed by atoms with van der Waals surface area (Å²) in [7, 11) is 3.31. The van der Waals surface area contributed by atoms with Crippen LogP contribution >= 0.6 is 0 Å². The first-order valence-electron chi connectivity index (χ1n) is 7.34. The number of methoxy groups -OCH3 is 2. The molecule has 4 nitrogen and oxygen atoms in total. The normalized spacial score (nSPS) is 10.4. The summed E-state index contributed by atoms with van der Waals surface area (Å²) >= 11 is 0. The van der Waals surface area contributed by atoms with E-state index in [0.717, 1.165) is 34.0 Å². The molecule has 2 aromatic carbocycles. The van der Waals surface area contributed by atoms with Crippen molar-refractivity contribution in [1.82, 2.24) is 9.97 Å². The predicted molar refractivity (Wildman–Crippen MR) is 90.7 cm³/mol. The summed E-state index contributed by atoms with van der Waals surface area (Å²) in [6.07, 6.45) is 0. The van der Waals surface area contributed by atoms with Crippen LogP contribution < -0.4 is 9.47 Å². The minimum Gasteiger partial charge on any atom is -0.497 e. The molecular weight excluding hydrogens is 288 g/mol. The standard InChI is InChI=1S/C19H18N2O2/c1-13-12-18(14-4-8-16(22-2)9-5-14)21-19(20-13)15-6-10-17(23-3)11-7-15/h4-12H,1-3H3. The lowest BCUT2D eigenvalue weighted by molar-refractivity contribution is 0.415. The molecule has 0 radical (unpaired) electrons. The number of rotatable bonds is 4. The fourth-order valence-electron chi connectivity index (χ4n) is 2.35. The summed E-state index contributed by atoms with van der Waals surface area (Å²) in [5.41, 5.74) is 3.82. The van der Waals surface area contributed by atoms with Crippen LogP contribution in [0.5, 0.6) is 11.5 Å². The first-order chi connectivity index (χ1) is 11.2. The van der Waals surface area contributed by atoms with E-state index in [-0.39, 0.29) is 0 Å². The molecule has 0 aliphatic rings. The van der Waals surface area contributed by atoms with Gasteiger partial charge in [0.25, 0.3) is 0 Å². The van der Waals surface area contributed by atoms with E-state index in [1.165, 1.54) is 0 Å². The van der Waals surface area contributed by atoms with Crippen LogP contribution in [0.25, 0.3) is 22.6 Å². The van der Waals surface area contributed by atoms with Gasteiger partial charge in [-0.05, 0) is 61.5 Å². The number of aromatic nitrogens is 2. The molecule has 3 aromatic rings. The van der Waals surface area contributed by atoms with Crippen molar-refractivity contribution >= 4 is 0 Å². The van der Waals surface area contributed by atoms with E-state index in [2.05, 4.69) is 4.98 Å². The van der Waals surface area contributed by atoms with Crippen molar-refractivity contribution in [3.63, 3.8) is 0 Å². The lowest BCUT2D eigenvalue weighted by atomic mass is 10.1. The molecule has 0 aliphatic heterocycles. The molecular formula is C19H18N2O2. The molecule has 0 saturated carbocycles. The zero-order chi connectivity index (χ0) is 16.2. The van der Waals surface area contributed by atoms with Gasteiger partial charge in [0, 0.05) is 16.8 Å². The molecule has 1 aromatic heterocycles. The molecule has 23 heavy (non-hydrogen) atoms. The molecule has 0 aliphatic carbocycles. The molecule has 0 unspecified atom stereocenters. The van der Waals surface area contributed by atoms with Crippen molar-refractivity contribution in [1.29, 1.82) is 0 Å². The minimum atomic E-state index is 0.707. The predicted octanol–water partition coefficient (Wildman–Crippen LogP) is 4.14. The summed E-state index contributed by atoms with van der Waals surface area (Å²) in [6.45, 7) is 1.97. The molecule has 0 amide bonds. The van der Waals surface area contributed by atoms with Crippen molar-refractivity contribution in [3.05, 3.63) is 60.3 Å². The summed E-state index contributed by atoms with van der Waals surface area (Å²) in [5, 5.41) is 0. The van der Waals surface area contributed by atoms with E-state index in [1.807, 2.05) is 61.5 Å². The van der Waals surface area contributed by atoms with Gasteiger partial charge in [-0.15, -0.1) is 0 Å². The first kappa shape index (κ1) is 15.0. The van der Waals surface area contributed by atoms with Gasteiger partial charge >= 0.3 is 0 Å². The highest BCUT2D eigenvalue weighted by molar-refractivity contribution is 5.65. The van der Waals surface area contributed by atoms with Crippen LogP contribution in [0.1, 0.15) is 5.69 Å². The van der Waals surface area contributed by atoms with E-state index >= 15 is 0 Å². The first-order valence-corrected chi connectivity index (χ1v) is 7.34. The van der Waals surface area contributed by atoms with Gasteiger partial charge in [-0.2, -0.15) is 0 Å². The highest BCUT2D eigenvalue weighted by Gasteiger charge is 2.07. The Kier molecular flexibility index (Phi) is 4.24. The van der Waals surface area contributed by atoms with Gasteiger partial charge in [-0.1, -0.05) is 0 Å². The zero-order valence-corrected chi connectivity index (χ0v) is 13.4. The van der Waals surface area contributed by atoms with Crippen LogP contribution in [0.3, 0.4) is 0 Å². The summed E-state index contributed by atoms with van der Waals surface area (Å²) in [4.78, 5) is 9.23. The van der Waals surface area contributed by atoms with Crippen molar-refractivity contribution in [2.75, 3.05) is 14.2 Å². The molecule has 0 saturated heterocycles. The second-order valence-electron chi connectivity index (χ2n) is 5.18. The van der Waals surface area contributed by atoms with Gasteiger partial charge < -0.3 is 9.47 Å². The average molecular weight is 306 g/mol. The van der Waals surface area contributed by atoms with Gasteiger partial charge in [-0.3, -0.25) is 0 Å². The van der Waals surface area contributed by atoms with Crippen molar-refractivity contribution in [2.45, 2.75) is 6.92 Å². The quantitative estimate of drug-likeness (QED) is 0.727. The molecule has 4 heteroatoms. The number of ether oxygens (including phenoxy) is 2. The number of benzene rings is 2. The lowest BCUT2D eigenvalue weighted by Gasteiger charge is -2.08. The van der Waals surface area contributed by atoms with Crippen molar-refractivity contribution < 1.29 is 9.47 Å². The number of nitrogens with zero attached hydrogens (tertiary/aromatic N) is 2. The molecule has 0 bridgehead atoms. The van der Waals surface area contributed by atoms with Crippen molar-refractivity contribution in [2.24, 2.45) is 0 Å². The number of hydrogen-bond donors (Lipinski definition) is 0. The van der Waals surface area contributed by atoms with Crippen LogP contribution in [0, 0.1) is 6.92 Å². The molecule has 3 rings (SSSR count). The largest absolute Gasteiger partial charge is 0.497 e. The van der Waals surface area contributed by atoms with E-state index in [1.54, 1.807) is 14.2 Å². The zero-order valence-electron chi connectivity index (χ0n) is 13.4. The maximum Gasteiger partial charge on any atom is 0.160 e. The highest BCUT2D eigenvalue weighted by Crippen LogP contribution is 2.25.